The van der Waals surface area contributed by atoms with Gasteiger partial charge in [-0.05, 0) is 37.1 Å². The van der Waals surface area contributed by atoms with Gasteiger partial charge in [-0.25, -0.2) is 4.39 Å². The van der Waals surface area contributed by atoms with E-state index in [1.54, 1.807) is 42.5 Å². The Morgan fingerprint density at radius 2 is 1.92 bits per heavy atom. The molecule has 2 amide bonds. The van der Waals surface area contributed by atoms with E-state index >= 15 is 0 Å². The van der Waals surface area contributed by atoms with E-state index < -0.39 is 11.7 Å². The third-order valence-corrected chi connectivity index (χ3v) is 4.27. The van der Waals surface area contributed by atoms with Crippen LogP contribution < -0.4 is 15.0 Å². The Morgan fingerprint density at radius 1 is 1.19 bits per heavy atom. The highest BCUT2D eigenvalue weighted by Gasteiger charge is 2.33. The summed E-state index contributed by atoms with van der Waals surface area (Å²) >= 11 is 0. The second-order valence-corrected chi connectivity index (χ2v) is 6.33. The Hall–Kier alpha value is -3.15. The lowest BCUT2D eigenvalue weighted by Crippen LogP contribution is -2.44. The van der Waals surface area contributed by atoms with E-state index in [0.717, 1.165) is 12.8 Å². The van der Waals surface area contributed by atoms with Crippen LogP contribution in [0.4, 0.5) is 10.1 Å². The number of hydrogen-bond acceptors (Lipinski definition) is 3. The van der Waals surface area contributed by atoms with E-state index in [-0.39, 0.29) is 29.8 Å². The van der Waals surface area contributed by atoms with Crippen LogP contribution in [0.1, 0.15) is 18.4 Å². The number of anilines is 1. The SMILES string of the molecule is O=C(CN1C(=O)/C(=C\c2ccccc2F)Oc2ccccc21)NC1CC1. The van der Waals surface area contributed by atoms with Crippen LogP contribution in [0.3, 0.4) is 0 Å². The normalized spacial score (nSPS) is 17.7. The van der Waals surface area contributed by atoms with Gasteiger partial charge in [0.05, 0.1) is 5.69 Å². The molecule has 1 heterocycles. The molecule has 0 bridgehead atoms. The lowest BCUT2D eigenvalue weighted by molar-refractivity contribution is -0.123. The van der Waals surface area contributed by atoms with E-state index in [4.69, 9.17) is 4.74 Å². The highest BCUT2D eigenvalue weighted by Crippen LogP contribution is 2.35. The number of benzene rings is 2. The molecule has 2 aromatic rings. The lowest BCUT2D eigenvalue weighted by Gasteiger charge is -2.30. The number of rotatable bonds is 4. The van der Waals surface area contributed by atoms with Crippen LogP contribution in [0.2, 0.25) is 0 Å². The average Bonchev–Trinajstić information content (AvgIpc) is 3.44. The number of hydrogen-bond donors (Lipinski definition) is 1. The predicted molar refractivity (Wildman–Crippen MR) is 95.0 cm³/mol. The maximum absolute atomic E-state index is 13.9. The molecule has 1 aliphatic heterocycles. The summed E-state index contributed by atoms with van der Waals surface area (Å²) in [7, 11) is 0. The summed E-state index contributed by atoms with van der Waals surface area (Å²) < 4.78 is 19.6. The fraction of sp³-hybridized carbons (Fsp3) is 0.200. The maximum Gasteiger partial charge on any atom is 0.294 e. The minimum atomic E-state index is -0.474. The fourth-order valence-electron chi connectivity index (χ4n) is 2.80. The second kappa shape index (κ2) is 6.63. The molecule has 132 valence electrons. The van der Waals surface area contributed by atoms with E-state index in [2.05, 4.69) is 5.32 Å². The molecule has 2 aliphatic rings. The van der Waals surface area contributed by atoms with Gasteiger partial charge in [0, 0.05) is 11.6 Å². The summed E-state index contributed by atoms with van der Waals surface area (Å²) in [6.07, 6.45) is 3.30. The van der Waals surface area contributed by atoms with Crippen molar-refractivity contribution in [2.45, 2.75) is 18.9 Å². The summed E-state index contributed by atoms with van der Waals surface area (Å²) in [6.45, 7) is -0.107. The Labute approximate surface area is 150 Å². The summed E-state index contributed by atoms with van der Waals surface area (Å²) in [5.74, 6) is -0.712. The number of ether oxygens (including phenoxy) is 1. The van der Waals surface area contributed by atoms with Crippen LogP contribution in [0.25, 0.3) is 6.08 Å². The van der Waals surface area contributed by atoms with Crippen LogP contribution in [-0.2, 0) is 9.59 Å². The molecule has 5 nitrogen and oxygen atoms in total. The van der Waals surface area contributed by atoms with Crippen molar-refractivity contribution in [2.24, 2.45) is 0 Å². The van der Waals surface area contributed by atoms with Crippen LogP contribution in [-0.4, -0.2) is 24.4 Å². The van der Waals surface area contributed by atoms with Gasteiger partial charge in [-0.15, -0.1) is 0 Å². The van der Waals surface area contributed by atoms with Crippen molar-refractivity contribution in [2.75, 3.05) is 11.4 Å². The number of para-hydroxylation sites is 2. The number of fused-ring (bicyclic) bond motifs is 1. The van der Waals surface area contributed by atoms with Crippen LogP contribution in [0.15, 0.2) is 54.3 Å². The third kappa shape index (κ3) is 3.31. The average molecular weight is 352 g/mol. The standard InChI is InChI=1S/C20H17FN2O3/c21-15-6-2-1-5-13(15)11-18-20(25)23(12-19(24)22-14-9-10-14)16-7-3-4-8-17(16)26-18/h1-8,11,14H,9-10,12H2,(H,22,24)/b18-11+. The molecule has 2 aromatic carbocycles. The number of nitrogens with one attached hydrogen (secondary N) is 1. The molecule has 4 rings (SSSR count). The molecule has 1 N–H and O–H groups in total. The first-order chi connectivity index (χ1) is 12.6. The second-order valence-electron chi connectivity index (χ2n) is 6.33. The van der Waals surface area contributed by atoms with Gasteiger partial charge in [-0.1, -0.05) is 30.3 Å². The zero-order valence-corrected chi connectivity index (χ0v) is 13.9. The first kappa shape index (κ1) is 16.3. The third-order valence-electron chi connectivity index (χ3n) is 4.27. The molecule has 0 radical (unpaired) electrons. The summed E-state index contributed by atoms with van der Waals surface area (Å²) in [5, 5.41) is 2.87. The summed E-state index contributed by atoms with van der Waals surface area (Å²) in [6, 6.07) is 13.3. The zero-order chi connectivity index (χ0) is 18.1. The van der Waals surface area contributed by atoms with Gasteiger partial charge < -0.3 is 10.1 Å². The minimum absolute atomic E-state index is 0.0204. The van der Waals surface area contributed by atoms with Crippen LogP contribution >= 0.6 is 0 Å². The zero-order valence-electron chi connectivity index (χ0n) is 13.9. The van der Waals surface area contributed by atoms with Gasteiger partial charge in [0.25, 0.3) is 5.91 Å². The first-order valence-electron chi connectivity index (χ1n) is 8.46. The number of nitrogens with zero attached hydrogens (tertiary/aromatic N) is 1. The van der Waals surface area contributed by atoms with Crippen molar-refractivity contribution in [3.8, 4) is 5.75 Å². The summed E-state index contributed by atoms with van der Waals surface area (Å²) in [4.78, 5) is 26.4. The topological polar surface area (TPSA) is 58.6 Å². The Bertz CT molecular complexity index is 905. The molecule has 0 atom stereocenters. The monoisotopic (exact) mass is 352 g/mol. The van der Waals surface area contributed by atoms with Crippen molar-refractivity contribution in [3.63, 3.8) is 0 Å². The molecule has 6 heteroatoms. The van der Waals surface area contributed by atoms with Crippen molar-refractivity contribution < 1.29 is 18.7 Å². The van der Waals surface area contributed by atoms with Crippen molar-refractivity contribution in [1.82, 2.24) is 5.32 Å². The van der Waals surface area contributed by atoms with Gasteiger partial charge in [0.1, 0.15) is 12.4 Å². The molecule has 1 fully saturated rings. The van der Waals surface area contributed by atoms with Gasteiger partial charge in [-0.3, -0.25) is 14.5 Å². The van der Waals surface area contributed by atoms with E-state index in [1.807, 2.05) is 0 Å². The Balaban J connectivity index is 1.67. The maximum atomic E-state index is 13.9. The Kier molecular flexibility index (Phi) is 4.16. The highest BCUT2D eigenvalue weighted by molar-refractivity contribution is 6.12. The number of halogens is 1. The van der Waals surface area contributed by atoms with E-state index in [0.29, 0.717) is 11.4 Å². The molecule has 0 unspecified atom stereocenters. The first-order valence-corrected chi connectivity index (χ1v) is 8.46. The molecule has 0 spiro atoms. The lowest BCUT2D eigenvalue weighted by atomic mass is 10.1. The van der Waals surface area contributed by atoms with Crippen molar-refractivity contribution in [1.29, 1.82) is 0 Å². The smallest absolute Gasteiger partial charge is 0.294 e. The van der Waals surface area contributed by atoms with Crippen molar-refractivity contribution in [3.05, 3.63) is 65.7 Å². The van der Waals surface area contributed by atoms with Gasteiger partial charge in [-0.2, -0.15) is 0 Å². The molecule has 0 aromatic heterocycles. The van der Waals surface area contributed by atoms with E-state index in [9.17, 15) is 14.0 Å². The molecule has 26 heavy (non-hydrogen) atoms. The molecular formula is C20H17FN2O3. The van der Waals surface area contributed by atoms with Crippen molar-refractivity contribution >= 4 is 23.6 Å². The number of amides is 2. The fourth-order valence-corrected chi connectivity index (χ4v) is 2.80. The molecular weight excluding hydrogens is 335 g/mol. The van der Waals surface area contributed by atoms with Crippen LogP contribution in [0.5, 0.6) is 5.75 Å². The van der Waals surface area contributed by atoms with Gasteiger partial charge in [0.2, 0.25) is 5.91 Å². The quantitative estimate of drug-likeness (QED) is 0.861. The summed E-state index contributed by atoms with van der Waals surface area (Å²) in [5.41, 5.74) is 0.770. The number of carbonyl (C=O) groups excluding carboxylic acids is 2. The van der Waals surface area contributed by atoms with Gasteiger partial charge in [0.15, 0.2) is 11.5 Å². The van der Waals surface area contributed by atoms with Gasteiger partial charge >= 0.3 is 0 Å². The highest BCUT2D eigenvalue weighted by atomic mass is 19.1. The predicted octanol–water partition coefficient (Wildman–Crippen LogP) is 2.87. The molecule has 0 saturated heterocycles. The minimum Gasteiger partial charge on any atom is -0.449 e. The Morgan fingerprint density at radius 3 is 2.69 bits per heavy atom. The van der Waals surface area contributed by atoms with E-state index in [1.165, 1.54) is 17.0 Å². The molecule has 1 aliphatic carbocycles. The van der Waals surface area contributed by atoms with Crippen LogP contribution in [0, 0.1) is 5.82 Å². The molecule has 1 saturated carbocycles. The largest absolute Gasteiger partial charge is 0.449 e. The number of carbonyl (C=O) groups is 2.